The lowest BCUT2D eigenvalue weighted by atomic mass is 9.81. The van der Waals surface area contributed by atoms with Crippen LogP contribution >= 0.6 is 11.6 Å². The monoisotopic (exact) mass is 723 g/mol. The molecule has 1 aromatic carbocycles. The first-order valence-electron chi connectivity index (χ1n) is 16.2. The molecule has 2 aliphatic heterocycles. The number of benzene rings is 1. The fraction of sp³-hybridized carbons (Fsp3) is 0.364. The number of carbonyl (C=O) groups excluding carboxylic acids is 2. The van der Waals surface area contributed by atoms with E-state index in [4.69, 9.17) is 16.3 Å². The number of rotatable bonds is 6. The van der Waals surface area contributed by atoms with Crippen molar-refractivity contribution < 1.29 is 32.6 Å². The van der Waals surface area contributed by atoms with Gasteiger partial charge in [-0.2, -0.15) is 27.8 Å². The third-order valence-corrected chi connectivity index (χ3v) is 9.84. The second-order valence-electron chi connectivity index (χ2n) is 12.8. The third-order valence-electron chi connectivity index (χ3n) is 9.53. The highest BCUT2D eigenvalue weighted by atomic mass is 35.5. The third kappa shape index (κ3) is 5.89. The molecule has 3 aliphatic rings. The van der Waals surface area contributed by atoms with Gasteiger partial charge in [0.1, 0.15) is 17.9 Å². The molecule has 2 amide bonds. The molecule has 264 valence electrons. The summed E-state index contributed by atoms with van der Waals surface area (Å²) in [7, 11) is 0. The number of aromatic hydroxyl groups is 1. The molecule has 5 aromatic rings. The van der Waals surface area contributed by atoms with E-state index in [0.29, 0.717) is 17.3 Å². The molecule has 2 N–H and O–H groups in total. The average Bonchev–Trinajstić information content (AvgIpc) is 3.65. The van der Waals surface area contributed by atoms with Gasteiger partial charge in [0.25, 0.3) is 11.5 Å². The van der Waals surface area contributed by atoms with Gasteiger partial charge in [-0.1, -0.05) is 11.6 Å². The Morgan fingerprint density at radius 2 is 1.94 bits per heavy atom. The first-order chi connectivity index (χ1) is 24.4. The smallest absolute Gasteiger partial charge is 0.416 e. The van der Waals surface area contributed by atoms with Crippen LogP contribution in [0.1, 0.15) is 59.0 Å². The Labute approximate surface area is 291 Å². The Morgan fingerprint density at radius 1 is 1.16 bits per heavy atom. The highest BCUT2D eigenvalue weighted by molar-refractivity contribution is 6.33. The van der Waals surface area contributed by atoms with Gasteiger partial charge < -0.3 is 24.6 Å². The van der Waals surface area contributed by atoms with Gasteiger partial charge in [0.05, 0.1) is 46.2 Å². The number of piperidine rings is 1. The number of carbonyl (C=O) groups is 2. The summed E-state index contributed by atoms with van der Waals surface area (Å²) in [5.74, 6) is -1.04. The summed E-state index contributed by atoms with van der Waals surface area (Å²) in [6.07, 6.45) is 2.91. The van der Waals surface area contributed by atoms with Crippen molar-refractivity contribution in [3.8, 4) is 17.1 Å². The van der Waals surface area contributed by atoms with Crippen LogP contribution in [-0.4, -0.2) is 75.4 Å². The van der Waals surface area contributed by atoms with E-state index in [-0.39, 0.29) is 84.8 Å². The molecule has 1 saturated heterocycles. The van der Waals surface area contributed by atoms with Crippen molar-refractivity contribution in [2.45, 2.75) is 56.5 Å². The zero-order valence-corrected chi connectivity index (χ0v) is 27.5. The summed E-state index contributed by atoms with van der Waals surface area (Å²) in [5, 5.41) is 21.5. The van der Waals surface area contributed by atoms with Crippen molar-refractivity contribution >= 4 is 34.9 Å². The maximum Gasteiger partial charge on any atom is 0.416 e. The summed E-state index contributed by atoms with van der Waals surface area (Å²) >= 11 is 6.13. The molecule has 1 saturated carbocycles. The SMILES string of the molecule is O=C(Cn1c2c(c(=O)n3nc(-c4cnn(C5CC5)c4)nc13)C1(CCN(C(=O)c3ncccc3O)CC1)OCC2)Nc1ccc(C(F)(F)F)cc1Cl. The second-order valence-corrected chi connectivity index (χ2v) is 13.2. The zero-order valence-electron chi connectivity index (χ0n) is 26.7. The lowest BCUT2D eigenvalue weighted by molar-refractivity contribution is -0.137. The Hall–Kier alpha value is -5.29. The van der Waals surface area contributed by atoms with Crippen molar-refractivity contribution in [3.05, 3.63) is 86.8 Å². The number of fused-ring (bicyclic) bond motifs is 3. The van der Waals surface area contributed by atoms with Crippen LogP contribution in [0.2, 0.25) is 5.02 Å². The number of hydrogen-bond acceptors (Lipinski definition) is 9. The maximum absolute atomic E-state index is 14.4. The number of pyridine rings is 1. The number of alkyl halides is 3. The number of likely N-dealkylation sites (tertiary alicyclic amines) is 1. The van der Waals surface area contributed by atoms with Crippen LogP contribution in [0.4, 0.5) is 18.9 Å². The van der Waals surface area contributed by atoms with E-state index in [1.807, 2.05) is 4.68 Å². The number of ether oxygens (including phenoxy) is 1. The molecule has 1 aliphatic carbocycles. The van der Waals surface area contributed by atoms with Crippen molar-refractivity contribution in [3.63, 3.8) is 0 Å². The number of nitrogens with zero attached hydrogens (tertiary/aromatic N) is 8. The minimum atomic E-state index is -4.62. The first kappa shape index (κ1) is 32.9. The van der Waals surface area contributed by atoms with Crippen LogP contribution in [0.3, 0.4) is 0 Å². The van der Waals surface area contributed by atoms with E-state index >= 15 is 0 Å². The zero-order chi connectivity index (χ0) is 35.7. The molecular formula is C33H29ClF3N9O5. The molecule has 0 bridgehead atoms. The normalized spacial score (nSPS) is 17.1. The van der Waals surface area contributed by atoms with Gasteiger partial charge in [-0.05, 0) is 56.0 Å². The molecule has 0 radical (unpaired) electrons. The fourth-order valence-corrected chi connectivity index (χ4v) is 7.04. The topological polar surface area (TPSA) is 162 Å². The van der Waals surface area contributed by atoms with E-state index in [1.54, 1.807) is 17.0 Å². The summed E-state index contributed by atoms with van der Waals surface area (Å²) in [4.78, 5) is 51.5. The van der Waals surface area contributed by atoms with Crippen LogP contribution in [-0.2, 0) is 34.3 Å². The first-order valence-corrected chi connectivity index (χ1v) is 16.6. The molecule has 0 unspecified atom stereocenters. The van der Waals surface area contributed by atoms with Crippen LogP contribution < -0.4 is 10.9 Å². The van der Waals surface area contributed by atoms with Gasteiger partial charge in [-0.15, -0.1) is 5.10 Å². The van der Waals surface area contributed by atoms with Gasteiger partial charge in [-0.3, -0.25) is 19.1 Å². The van der Waals surface area contributed by atoms with E-state index in [2.05, 4.69) is 25.5 Å². The van der Waals surface area contributed by atoms with Gasteiger partial charge >= 0.3 is 6.18 Å². The van der Waals surface area contributed by atoms with Gasteiger partial charge in [0.15, 0.2) is 11.5 Å². The Kier molecular flexibility index (Phi) is 7.86. The minimum absolute atomic E-state index is 0.0222. The van der Waals surface area contributed by atoms with Crippen LogP contribution in [0.15, 0.2) is 53.7 Å². The number of nitrogens with one attached hydrogen (secondary N) is 1. The number of amides is 2. The Bertz CT molecular complexity index is 2270. The van der Waals surface area contributed by atoms with Gasteiger partial charge in [-0.25, -0.2) is 4.98 Å². The molecule has 8 rings (SSSR count). The Morgan fingerprint density at radius 3 is 2.65 bits per heavy atom. The summed E-state index contributed by atoms with van der Waals surface area (Å²) in [6.45, 7) is 0.172. The predicted octanol–water partition coefficient (Wildman–Crippen LogP) is 4.21. The lowest BCUT2D eigenvalue weighted by Crippen LogP contribution is -2.52. The highest BCUT2D eigenvalue weighted by Gasteiger charge is 2.46. The van der Waals surface area contributed by atoms with E-state index in [0.717, 1.165) is 35.6 Å². The molecular weight excluding hydrogens is 695 g/mol. The average molecular weight is 724 g/mol. The molecule has 14 nitrogen and oxygen atoms in total. The number of aromatic nitrogens is 7. The van der Waals surface area contributed by atoms with Crippen LogP contribution in [0, 0.1) is 0 Å². The summed E-state index contributed by atoms with van der Waals surface area (Å²) < 4.78 is 50.6. The molecule has 51 heavy (non-hydrogen) atoms. The largest absolute Gasteiger partial charge is 0.505 e. The van der Waals surface area contributed by atoms with Gasteiger partial charge in [0.2, 0.25) is 11.7 Å². The molecule has 0 atom stereocenters. The molecule has 4 aromatic heterocycles. The molecule has 6 heterocycles. The molecule has 18 heteroatoms. The van der Waals surface area contributed by atoms with Crippen molar-refractivity contribution in [1.29, 1.82) is 0 Å². The van der Waals surface area contributed by atoms with Crippen LogP contribution in [0.5, 0.6) is 5.75 Å². The van der Waals surface area contributed by atoms with Crippen molar-refractivity contribution in [1.82, 2.24) is 38.8 Å². The number of anilines is 1. The van der Waals surface area contributed by atoms with Crippen molar-refractivity contribution in [2.24, 2.45) is 0 Å². The van der Waals surface area contributed by atoms with Crippen LogP contribution in [0.25, 0.3) is 17.2 Å². The summed E-state index contributed by atoms with van der Waals surface area (Å²) in [5.41, 5.74) is -1.35. The maximum atomic E-state index is 14.4. The minimum Gasteiger partial charge on any atom is -0.505 e. The number of hydrogen-bond donors (Lipinski definition) is 2. The highest BCUT2D eigenvalue weighted by Crippen LogP contribution is 2.41. The fourth-order valence-electron chi connectivity index (χ4n) is 6.82. The second kappa shape index (κ2) is 12.2. The summed E-state index contributed by atoms with van der Waals surface area (Å²) in [6, 6.07) is 5.82. The van der Waals surface area contributed by atoms with E-state index < -0.39 is 34.7 Å². The van der Waals surface area contributed by atoms with E-state index in [9.17, 15) is 32.7 Å². The number of halogens is 4. The standard InChI is InChI=1S/C33H29ClF3N9O5/c34-21-14-19(33(35,36)37)3-6-22(21)40-25(48)17-44-23-7-13-51-32(8-11-43(12-9-32)30(50)27-24(47)2-1-10-38-27)26(23)29(49)46-31(44)41-28(42-46)18-15-39-45(16-18)20-4-5-20/h1-3,6,10,14-16,20,47H,4-5,7-9,11-13,17H2,(H,40,48). The Balaban J connectivity index is 1.17. The van der Waals surface area contributed by atoms with Gasteiger partial charge in [0, 0.05) is 37.6 Å². The predicted molar refractivity (Wildman–Crippen MR) is 174 cm³/mol. The van der Waals surface area contributed by atoms with Crippen molar-refractivity contribution in [2.75, 3.05) is 25.0 Å². The lowest BCUT2D eigenvalue weighted by Gasteiger charge is -2.44. The van der Waals surface area contributed by atoms with E-state index in [1.165, 1.54) is 23.2 Å². The molecule has 1 spiro atoms. The molecule has 2 fully saturated rings. The quantitative estimate of drug-likeness (QED) is 0.262.